The Morgan fingerprint density at radius 2 is 1.78 bits per heavy atom. The molecule has 0 radical (unpaired) electrons. The van der Waals surface area contributed by atoms with Gasteiger partial charge in [0.2, 0.25) is 5.88 Å². The molecule has 4 nitrogen and oxygen atoms in total. The van der Waals surface area contributed by atoms with Crippen LogP contribution < -0.4 is 4.74 Å². The van der Waals surface area contributed by atoms with Gasteiger partial charge in [0, 0.05) is 18.6 Å². The number of benzene rings is 2. The highest BCUT2D eigenvalue weighted by atomic mass is 16.5. The first kappa shape index (κ1) is 15.2. The molecule has 0 amide bonds. The van der Waals surface area contributed by atoms with Crippen molar-refractivity contribution in [2.45, 2.75) is 20.0 Å². The number of hydrogen-bond acceptors (Lipinski definition) is 3. The van der Waals surface area contributed by atoms with E-state index in [1.54, 1.807) is 10.8 Å². The number of para-hydroxylation sites is 3. The van der Waals surface area contributed by atoms with Gasteiger partial charge in [-0.15, -0.1) is 0 Å². The lowest BCUT2D eigenvalue weighted by Gasteiger charge is -2.11. The Bertz CT molecular complexity index is 863. The number of aliphatic imine (C=N–C) groups is 1. The Morgan fingerprint density at radius 1 is 1.09 bits per heavy atom. The molecule has 1 heterocycles. The van der Waals surface area contributed by atoms with Gasteiger partial charge in [-0.1, -0.05) is 30.3 Å². The van der Waals surface area contributed by atoms with Gasteiger partial charge in [-0.05, 0) is 32.0 Å². The van der Waals surface area contributed by atoms with Crippen LogP contribution in [-0.2, 0) is 7.05 Å². The highest BCUT2D eigenvalue weighted by molar-refractivity contribution is 6.03. The molecule has 2 aromatic carbocycles. The minimum Gasteiger partial charge on any atom is -0.494 e. The average Bonchev–Trinajstić information content (AvgIpc) is 2.78. The number of ether oxygens (including phenoxy) is 1. The highest BCUT2D eigenvalue weighted by Gasteiger charge is 2.12. The van der Waals surface area contributed by atoms with Crippen LogP contribution in [0.5, 0.6) is 11.6 Å². The van der Waals surface area contributed by atoms with E-state index >= 15 is 0 Å². The molecule has 23 heavy (non-hydrogen) atoms. The topological polar surface area (TPSA) is 46.8 Å². The van der Waals surface area contributed by atoms with E-state index in [4.69, 9.17) is 4.74 Å². The van der Waals surface area contributed by atoms with Crippen LogP contribution in [0.4, 0.5) is 5.69 Å². The molecule has 0 saturated carbocycles. The fourth-order valence-corrected chi connectivity index (χ4v) is 2.59. The maximum absolute atomic E-state index is 10.4. The molecule has 0 unspecified atom stereocenters. The van der Waals surface area contributed by atoms with E-state index in [-0.39, 0.29) is 12.0 Å². The molecule has 3 aromatic rings. The van der Waals surface area contributed by atoms with Crippen molar-refractivity contribution in [1.82, 2.24) is 4.57 Å². The largest absolute Gasteiger partial charge is 0.494 e. The molecule has 0 aliphatic heterocycles. The summed E-state index contributed by atoms with van der Waals surface area (Å²) >= 11 is 0. The second-order valence-corrected chi connectivity index (χ2v) is 5.71. The van der Waals surface area contributed by atoms with Crippen LogP contribution in [0.25, 0.3) is 10.9 Å². The predicted octanol–water partition coefficient (Wildman–Crippen LogP) is 4.42. The van der Waals surface area contributed by atoms with E-state index in [9.17, 15) is 5.11 Å². The molecule has 3 rings (SSSR count). The summed E-state index contributed by atoms with van der Waals surface area (Å²) in [5.41, 5.74) is 2.43. The molecular weight excluding hydrogens is 288 g/mol. The third-order valence-corrected chi connectivity index (χ3v) is 3.67. The van der Waals surface area contributed by atoms with Crippen LogP contribution in [0.3, 0.4) is 0 Å². The summed E-state index contributed by atoms with van der Waals surface area (Å²) in [7, 11) is 1.84. The van der Waals surface area contributed by atoms with Gasteiger partial charge < -0.3 is 14.4 Å². The van der Waals surface area contributed by atoms with Gasteiger partial charge in [0.1, 0.15) is 11.4 Å². The summed E-state index contributed by atoms with van der Waals surface area (Å²) in [6, 6.07) is 15.5. The monoisotopic (exact) mass is 308 g/mol. The first-order valence-electron chi connectivity index (χ1n) is 7.64. The quantitative estimate of drug-likeness (QED) is 0.725. The van der Waals surface area contributed by atoms with Crippen molar-refractivity contribution in [3.63, 3.8) is 0 Å². The van der Waals surface area contributed by atoms with E-state index in [0.717, 1.165) is 22.3 Å². The number of fused-ring (bicyclic) bond motifs is 1. The molecule has 0 atom stereocenters. The van der Waals surface area contributed by atoms with E-state index < -0.39 is 0 Å². The SMILES string of the molecule is CC(C)Oc1ccccc1N=Cc1c(O)n(C)c2ccccc12. The van der Waals surface area contributed by atoms with E-state index in [2.05, 4.69) is 4.99 Å². The van der Waals surface area contributed by atoms with Crippen LogP contribution in [0.15, 0.2) is 53.5 Å². The molecule has 4 heteroatoms. The maximum atomic E-state index is 10.4. The predicted molar refractivity (Wildman–Crippen MR) is 94.0 cm³/mol. The van der Waals surface area contributed by atoms with Crippen molar-refractivity contribution in [1.29, 1.82) is 0 Å². The minimum absolute atomic E-state index is 0.0808. The van der Waals surface area contributed by atoms with Crippen molar-refractivity contribution >= 4 is 22.8 Å². The molecule has 0 bridgehead atoms. The summed E-state index contributed by atoms with van der Waals surface area (Å²) in [6.45, 7) is 3.97. The molecule has 1 N–H and O–H groups in total. The second-order valence-electron chi connectivity index (χ2n) is 5.71. The third-order valence-electron chi connectivity index (χ3n) is 3.67. The third kappa shape index (κ3) is 2.93. The average molecular weight is 308 g/mol. The molecule has 0 aliphatic carbocycles. The summed E-state index contributed by atoms with van der Waals surface area (Å²) in [5.74, 6) is 0.940. The zero-order chi connectivity index (χ0) is 16.4. The Hall–Kier alpha value is -2.75. The van der Waals surface area contributed by atoms with Crippen LogP contribution >= 0.6 is 0 Å². The molecule has 0 aliphatic rings. The molecule has 118 valence electrons. The van der Waals surface area contributed by atoms with Crippen LogP contribution in [0.2, 0.25) is 0 Å². The van der Waals surface area contributed by atoms with Crippen molar-refractivity contribution in [2.24, 2.45) is 12.0 Å². The standard InChI is InChI=1S/C19H20N2O2/c1-13(2)23-18-11-7-5-9-16(18)20-12-15-14-8-4-6-10-17(14)21(3)19(15)22/h4-13,22H,1-3H3. The second kappa shape index (κ2) is 6.16. The van der Waals surface area contributed by atoms with E-state index in [1.807, 2.05) is 69.4 Å². The minimum atomic E-state index is 0.0808. The summed E-state index contributed by atoms with van der Waals surface area (Å²) in [5, 5.41) is 11.3. The zero-order valence-corrected chi connectivity index (χ0v) is 13.5. The highest BCUT2D eigenvalue weighted by Crippen LogP contribution is 2.31. The van der Waals surface area contributed by atoms with Crippen molar-refractivity contribution in [3.8, 4) is 11.6 Å². The van der Waals surface area contributed by atoms with E-state index in [1.165, 1.54) is 0 Å². The zero-order valence-electron chi connectivity index (χ0n) is 13.5. The number of aryl methyl sites for hydroxylation is 1. The van der Waals surface area contributed by atoms with Crippen molar-refractivity contribution in [2.75, 3.05) is 0 Å². The van der Waals surface area contributed by atoms with Crippen molar-refractivity contribution in [3.05, 3.63) is 54.1 Å². The molecule has 1 aromatic heterocycles. The smallest absolute Gasteiger partial charge is 0.200 e. The van der Waals surface area contributed by atoms with Gasteiger partial charge in [0.15, 0.2) is 0 Å². The van der Waals surface area contributed by atoms with Gasteiger partial charge in [-0.3, -0.25) is 4.99 Å². The number of nitrogens with zero attached hydrogens (tertiary/aromatic N) is 2. The summed E-state index contributed by atoms with van der Waals surface area (Å²) in [4.78, 5) is 4.53. The Kier molecular flexibility index (Phi) is 4.06. The van der Waals surface area contributed by atoms with Crippen LogP contribution in [0.1, 0.15) is 19.4 Å². The molecule has 0 fully saturated rings. The number of aromatic hydroxyl groups is 1. The Labute approximate surface area is 135 Å². The van der Waals surface area contributed by atoms with Crippen LogP contribution in [-0.4, -0.2) is 22.0 Å². The van der Waals surface area contributed by atoms with E-state index in [0.29, 0.717) is 5.56 Å². The lowest BCUT2D eigenvalue weighted by Crippen LogP contribution is -2.05. The summed E-state index contributed by atoms with van der Waals surface area (Å²) < 4.78 is 7.53. The first-order valence-corrected chi connectivity index (χ1v) is 7.64. The Morgan fingerprint density at radius 3 is 2.57 bits per heavy atom. The van der Waals surface area contributed by atoms with Gasteiger partial charge in [0.05, 0.1) is 17.2 Å². The van der Waals surface area contributed by atoms with Crippen molar-refractivity contribution < 1.29 is 9.84 Å². The molecule has 0 saturated heterocycles. The van der Waals surface area contributed by atoms with Gasteiger partial charge in [0.25, 0.3) is 0 Å². The summed E-state index contributed by atoms with van der Waals surface area (Å²) in [6.07, 6.45) is 1.78. The number of hydrogen-bond donors (Lipinski definition) is 1. The Balaban J connectivity index is 2.03. The molecule has 0 spiro atoms. The van der Waals surface area contributed by atoms with Crippen LogP contribution in [0, 0.1) is 0 Å². The fourth-order valence-electron chi connectivity index (χ4n) is 2.59. The number of rotatable bonds is 4. The maximum Gasteiger partial charge on any atom is 0.200 e. The van der Waals surface area contributed by atoms with Gasteiger partial charge in [-0.25, -0.2) is 0 Å². The number of aromatic nitrogens is 1. The lowest BCUT2D eigenvalue weighted by atomic mass is 10.2. The van der Waals surface area contributed by atoms with Gasteiger partial charge >= 0.3 is 0 Å². The first-order chi connectivity index (χ1) is 11.1. The fraction of sp³-hybridized carbons (Fsp3) is 0.211. The van der Waals surface area contributed by atoms with Gasteiger partial charge in [-0.2, -0.15) is 0 Å². The normalized spacial score (nSPS) is 11.7. The molecular formula is C19H20N2O2. The lowest BCUT2D eigenvalue weighted by molar-refractivity contribution is 0.243.